The van der Waals surface area contributed by atoms with Crippen LogP contribution in [0.2, 0.25) is 0 Å². The molecule has 28 heavy (non-hydrogen) atoms. The van der Waals surface area contributed by atoms with Crippen molar-refractivity contribution < 1.29 is 19.1 Å². The van der Waals surface area contributed by atoms with Gasteiger partial charge in [-0.1, -0.05) is 33.8 Å². The first-order chi connectivity index (χ1) is 13.3. The van der Waals surface area contributed by atoms with Crippen molar-refractivity contribution >= 4 is 11.9 Å². The van der Waals surface area contributed by atoms with Gasteiger partial charge in [-0.2, -0.15) is 0 Å². The Morgan fingerprint density at radius 3 is 1.39 bits per heavy atom. The average molecular weight is 387 g/mol. The van der Waals surface area contributed by atoms with Crippen molar-refractivity contribution in [1.29, 1.82) is 0 Å². The summed E-state index contributed by atoms with van der Waals surface area (Å²) in [6.07, 6.45) is 5.96. The van der Waals surface area contributed by atoms with E-state index in [9.17, 15) is 9.59 Å². The normalized spacial score (nSPS) is 33.1. The van der Waals surface area contributed by atoms with E-state index in [1.165, 1.54) is 12.8 Å². The third-order valence-electron chi connectivity index (χ3n) is 6.15. The Labute approximate surface area is 169 Å². The highest BCUT2D eigenvalue weighted by Gasteiger charge is 2.29. The van der Waals surface area contributed by atoms with Crippen molar-refractivity contribution in [2.24, 2.45) is 23.7 Å². The van der Waals surface area contributed by atoms with Crippen LogP contribution in [0.15, 0.2) is 24.3 Å². The predicted molar refractivity (Wildman–Crippen MR) is 109 cm³/mol. The molecule has 4 nitrogen and oxygen atoms in total. The number of esters is 2. The van der Waals surface area contributed by atoms with Crippen LogP contribution in [0.25, 0.3) is 0 Å². The third kappa shape index (κ3) is 5.59. The number of carbonyl (C=O) groups is 2. The van der Waals surface area contributed by atoms with Crippen molar-refractivity contribution in [3.63, 3.8) is 0 Å². The summed E-state index contributed by atoms with van der Waals surface area (Å²) >= 11 is 0. The molecule has 1 aromatic carbocycles. The summed E-state index contributed by atoms with van der Waals surface area (Å²) in [4.78, 5) is 25.2. The van der Waals surface area contributed by atoms with Crippen LogP contribution in [0.4, 0.5) is 0 Å². The van der Waals surface area contributed by atoms with Gasteiger partial charge in [0.15, 0.2) is 0 Å². The van der Waals surface area contributed by atoms with E-state index in [-0.39, 0.29) is 24.1 Å². The zero-order chi connectivity index (χ0) is 20.3. The molecule has 0 N–H and O–H groups in total. The molecule has 4 unspecified atom stereocenters. The first-order valence-electron chi connectivity index (χ1n) is 10.8. The monoisotopic (exact) mass is 386 g/mol. The molecule has 0 aromatic heterocycles. The van der Waals surface area contributed by atoms with Gasteiger partial charge >= 0.3 is 11.9 Å². The third-order valence-corrected chi connectivity index (χ3v) is 6.15. The van der Waals surface area contributed by atoms with Crippen LogP contribution in [0.5, 0.6) is 0 Å². The maximum absolute atomic E-state index is 12.6. The van der Waals surface area contributed by atoms with E-state index >= 15 is 0 Å². The summed E-state index contributed by atoms with van der Waals surface area (Å²) in [7, 11) is 0. The van der Waals surface area contributed by atoms with Crippen molar-refractivity contribution in [3.05, 3.63) is 35.4 Å². The molecule has 2 saturated carbocycles. The molecule has 0 bridgehead atoms. The maximum atomic E-state index is 12.6. The molecule has 3 rings (SSSR count). The number of hydrogen-bond acceptors (Lipinski definition) is 4. The molecule has 2 aliphatic rings. The lowest BCUT2D eigenvalue weighted by Gasteiger charge is -2.31. The fourth-order valence-corrected chi connectivity index (χ4v) is 5.15. The molecule has 4 heteroatoms. The number of carbonyl (C=O) groups excluding carboxylic acids is 2. The van der Waals surface area contributed by atoms with Gasteiger partial charge in [-0.05, 0) is 80.4 Å². The van der Waals surface area contributed by atoms with Gasteiger partial charge in [0, 0.05) is 0 Å². The van der Waals surface area contributed by atoms with Crippen LogP contribution >= 0.6 is 0 Å². The van der Waals surface area contributed by atoms with Gasteiger partial charge in [0.05, 0.1) is 11.1 Å². The highest BCUT2D eigenvalue weighted by atomic mass is 16.5. The molecule has 0 spiro atoms. The fourth-order valence-electron chi connectivity index (χ4n) is 5.15. The van der Waals surface area contributed by atoms with Crippen molar-refractivity contribution in [1.82, 2.24) is 0 Å². The molecule has 2 aliphatic carbocycles. The average Bonchev–Trinajstić information content (AvgIpc) is 2.60. The molecule has 4 atom stereocenters. The molecule has 0 saturated heterocycles. The van der Waals surface area contributed by atoms with Crippen molar-refractivity contribution in [2.75, 3.05) is 0 Å². The number of ether oxygens (including phenoxy) is 2. The van der Waals surface area contributed by atoms with E-state index < -0.39 is 0 Å². The van der Waals surface area contributed by atoms with E-state index in [2.05, 4.69) is 27.7 Å². The molecule has 0 amide bonds. The second kappa shape index (κ2) is 9.11. The van der Waals surface area contributed by atoms with E-state index in [1.807, 2.05) is 0 Å². The molecule has 154 valence electrons. The maximum Gasteiger partial charge on any atom is 0.338 e. The van der Waals surface area contributed by atoms with E-state index in [0.717, 1.165) is 25.7 Å². The quantitative estimate of drug-likeness (QED) is 0.628. The molecular weight excluding hydrogens is 352 g/mol. The van der Waals surface area contributed by atoms with Gasteiger partial charge < -0.3 is 9.47 Å². The largest absolute Gasteiger partial charge is 0.459 e. The van der Waals surface area contributed by atoms with Gasteiger partial charge in [0.2, 0.25) is 0 Å². The van der Waals surface area contributed by atoms with Crippen LogP contribution < -0.4 is 0 Å². The number of hydrogen-bond donors (Lipinski definition) is 0. The lowest BCUT2D eigenvalue weighted by Crippen LogP contribution is -2.29. The lowest BCUT2D eigenvalue weighted by atomic mass is 9.82. The summed E-state index contributed by atoms with van der Waals surface area (Å²) in [6.45, 7) is 8.83. The van der Waals surface area contributed by atoms with E-state index in [4.69, 9.17) is 9.47 Å². The smallest absolute Gasteiger partial charge is 0.338 e. The summed E-state index contributed by atoms with van der Waals surface area (Å²) in [5.74, 6) is 1.60. The number of benzene rings is 1. The second-order valence-corrected chi connectivity index (χ2v) is 9.47. The Bertz CT molecular complexity index is 622. The molecule has 0 radical (unpaired) electrons. The Morgan fingerprint density at radius 2 is 1.04 bits per heavy atom. The first kappa shape index (κ1) is 20.9. The van der Waals surface area contributed by atoms with E-state index in [1.54, 1.807) is 24.3 Å². The van der Waals surface area contributed by atoms with Crippen LogP contribution in [0.1, 0.15) is 86.9 Å². The molecule has 0 aliphatic heterocycles. The van der Waals surface area contributed by atoms with Crippen LogP contribution in [0.3, 0.4) is 0 Å². The fraction of sp³-hybridized carbons (Fsp3) is 0.667. The predicted octanol–water partition coefficient (Wildman–Crippen LogP) is 5.65. The summed E-state index contributed by atoms with van der Waals surface area (Å²) in [5.41, 5.74) is 0.844. The Morgan fingerprint density at radius 1 is 0.679 bits per heavy atom. The minimum absolute atomic E-state index is 0.0351. The van der Waals surface area contributed by atoms with Gasteiger partial charge in [0.1, 0.15) is 12.2 Å². The van der Waals surface area contributed by atoms with Crippen LogP contribution in [0, 0.1) is 23.7 Å². The topological polar surface area (TPSA) is 52.6 Å². The van der Waals surface area contributed by atoms with E-state index in [0.29, 0.717) is 34.8 Å². The molecule has 0 heterocycles. The summed E-state index contributed by atoms with van der Waals surface area (Å²) in [6, 6.07) is 6.75. The lowest BCUT2D eigenvalue weighted by molar-refractivity contribution is 0.00802. The first-order valence-corrected chi connectivity index (χ1v) is 10.8. The number of rotatable bonds is 4. The second-order valence-electron chi connectivity index (χ2n) is 9.47. The Hall–Kier alpha value is -1.84. The molecular formula is C24H34O4. The van der Waals surface area contributed by atoms with Gasteiger partial charge in [-0.25, -0.2) is 9.59 Å². The van der Waals surface area contributed by atoms with Crippen LogP contribution in [-0.4, -0.2) is 24.1 Å². The standard InChI is InChI=1S/C24H34O4/c1-15-8-16(2)11-21(10-15)27-23(25)19-6-5-7-20(14-19)24(26)28-22-12-17(3)9-18(4)13-22/h5-7,14-18,21-22H,8-13H2,1-4H3. The minimum Gasteiger partial charge on any atom is -0.459 e. The highest BCUT2D eigenvalue weighted by molar-refractivity contribution is 5.95. The van der Waals surface area contributed by atoms with Crippen LogP contribution in [-0.2, 0) is 9.47 Å². The highest BCUT2D eigenvalue weighted by Crippen LogP contribution is 2.32. The Kier molecular flexibility index (Phi) is 6.79. The van der Waals surface area contributed by atoms with Crippen molar-refractivity contribution in [3.8, 4) is 0 Å². The SMILES string of the molecule is CC1CC(C)CC(OC(=O)c2cccc(C(=O)OC3CC(C)CC(C)C3)c2)C1. The zero-order valence-electron chi connectivity index (χ0n) is 17.6. The summed E-state index contributed by atoms with van der Waals surface area (Å²) < 4.78 is 11.5. The zero-order valence-corrected chi connectivity index (χ0v) is 17.6. The van der Waals surface area contributed by atoms with Gasteiger partial charge in [-0.3, -0.25) is 0 Å². The molecule has 2 fully saturated rings. The minimum atomic E-state index is -0.346. The van der Waals surface area contributed by atoms with Gasteiger partial charge in [0.25, 0.3) is 0 Å². The summed E-state index contributed by atoms with van der Waals surface area (Å²) in [5, 5.41) is 0. The van der Waals surface area contributed by atoms with Gasteiger partial charge in [-0.15, -0.1) is 0 Å². The molecule has 1 aromatic rings. The van der Waals surface area contributed by atoms with Crippen molar-refractivity contribution in [2.45, 2.75) is 78.4 Å². The Balaban J connectivity index is 1.61.